The molecule has 0 saturated carbocycles. The number of aromatic nitrogens is 2. The van der Waals surface area contributed by atoms with Gasteiger partial charge in [-0.15, -0.1) is 10.2 Å². The molecule has 0 atom stereocenters. The monoisotopic (exact) mass is 279 g/mol. The van der Waals surface area contributed by atoms with Gasteiger partial charge in [0.1, 0.15) is 5.75 Å². The predicted molar refractivity (Wildman–Crippen MR) is 80.5 cm³/mol. The standard InChI is InChI=1S/C16H13N3O2/c1-21-15-9-5-4-8-13(15)17-16(20)14-10-11-6-2-3-7-12(11)18-19-14/h2-10H,1H3,(H,17,20). The van der Waals surface area contributed by atoms with Crippen molar-refractivity contribution in [1.29, 1.82) is 0 Å². The molecule has 0 unspecified atom stereocenters. The van der Waals surface area contributed by atoms with Gasteiger partial charge in [-0.2, -0.15) is 0 Å². The summed E-state index contributed by atoms with van der Waals surface area (Å²) in [5, 5.41) is 11.6. The van der Waals surface area contributed by atoms with Crippen LogP contribution in [0.2, 0.25) is 0 Å². The lowest BCUT2D eigenvalue weighted by molar-refractivity contribution is 0.102. The van der Waals surface area contributed by atoms with E-state index in [4.69, 9.17) is 4.74 Å². The van der Waals surface area contributed by atoms with E-state index in [1.54, 1.807) is 25.3 Å². The van der Waals surface area contributed by atoms with Crippen LogP contribution in [0.4, 0.5) is 5.69 Å². The van der Waals surface area contributed by atoms with Gasteiger partial charge in [0.25, 0.3) is 5.91 Å². The van der Waals surface area contributed by atoms with E-state index in [2.05, 4.69) is 15.5 Å². The Morgan fingerprint density at radius 3 is 2.67 bits per heavy atom. The van der Waals surface area contributed by atoms with Gasteiger partial charge in [0.2, 0.25) is 0 Å². The molecular formula is C16H13N3O2. The molecule has 5 nitrogen and oxygen atoms in total. The molecule has 0 fully saturated rings. The molecular weight excluding hydrogens is 266 g/mol. The first-order valence-corrected chi connectivity index (χ1v) is 6.45. The van der Waals surface area contributed by atoms with Crippen LogP contribution in [0.1, 0.15) is 10.5 Å². The zero-order chi connectivity index (χ0) is 14.7. The molecule has 0 aliphatic carbocycles. The Hall–Kier alpha value is -2.95. The molecule has 2 aromatic carbocycles. The van der Waals surface area contributed by atoms with Crippen LogP contribution in [0, 0.1) is 0 Å². The number of anilines is 1. The Kier molecular flexibility index (Phi) is 3.47. The number of carbonyl (C=O) groups excluding carboxylic acids is 1. The van der Waals surface area contributed by atoms with Crippen molar-refractivity contribution in [3.05, 3.63) is 60.3 Å². The summed E-state index contributed by atoms with van der Waals surface area (Å²) in [5.41, 5.74) is 1.62. The molecule has 104 valence electrons. The molecule has 3 rings (SSSR count). The fourth-order valence-electron chi connectivity index (χ4n) is 2.03. The summed E-state index contributed by atoms with van der Waals surface area (Å²) in [6.45, 7) is 0. The van der Waals surface area contributed by atoms with Crippen molar-refractivity contribution in [2.45, 2.75) is 0 Å². The minimum Gasteiger partial charge on any atom is -0.495 e. The van der Waals surface area contributed by atoms with E-state index in [1.807, 2.05) is 36.4 Å². The number of hydrogen-bond donors (Lipinski definition) is 1. The van der Waals surface area contributed by atoms with Crippen LogP contribution in [-0.4, -0.2) is 23.2 Å². The van der Waals surface area contributed by atoms with Crippen molar-refractivity contribution in [2.75, 3.05) is 12.4 Å². The lowest BCUT2D eigenvalue weighted by atomic mass is 10.2. The first kappa shape index (κ1) is 13.1. The van der Waals surface area contributed by atoms with E-state index in [9.17, 15) is 4.79 Å². The average molecular weight is 279 g/mol. The van der Waals surface area contributed by atoms with Crippen molar-refractivity contribution < 1.29 is 9.53 Å². The SMILES string of the molecule is COc1ccccc1NC(=O)c1cc2ccccc2nn1. The molecule has 1 N–H and O–H groups in total. The van der Waals surface area contributed by atoms with Gasteiger partial charge in [-0.3, -0.25) is 4.79 Å². The van der Waals surface area contributed by atoms with Crippen LogP contribution < -0.4 is 10.1 Å². The van der Waals surface area contributed by atoms with E-state index in [-0.39, 0.29) is 11.6 Å². The molecule has 21 heavy (non-hydrogen) atoms. The van der Waals surface area contributed by atoms with Crippen molar-refractivity contribution in [3.8, 4) is 5.75 Å². The summed E-state index contributed by atoms with van der Waals surface area (Å²) in [5.74, 6) is 0.275. The molecule has 0 aliphatic rings. The Morgan fingerprint density at radius 2 is 1.81 bits per heavy atom. The van der Waals surface area contributed by atoms with Gasteiger partial charge < -0.3 is 10.1 Å². The number of methoxy groups -OCH3 is 1. The van der Waals surface area contributed by atoms with Gasteiger partial charge in [0.15, 0.2) is 5.69 Å². The molecule has 0 spiro atoms. The lowest BCUT2D eigenvalue weighted by Crippen LogP contribution is -2.14. The maximum Gasteiger partial charge on any atom is 0.276 e. The Balaban J connectivity index is 1.90. The number of benzene rings is 2. The van der Waals surface area contributed by atoms with Gasteiger partial charge in [-0.05, 0) is 24.3 Å². The zero-order valence-corrected chi connectivity index (χ0v) is 11.4. The van der Waals surface area contributed by atoms with Crippen molar-refractivity contribution in [2.24, 2.45) is 0 Å². The van der Waals surface area contributed by atoms with E-state index in [0.29, 0.717) is 11.4 Å². The smallest absolute Gasteiger partial charge is 0.276 e. The second-order valence-corrected chi connectivity index (χ2v) is 4.44. The lowest BCUT2D eigenvalue weighted by Gasteiger charge is -2.09. The minimum absolute atomic E-state index is 0.264. The number of nitrogens with one attached hydrogen (secondary N) is 1. The first-order valence-electron chi connectivity index (χ1n) is 6.45. The molecule has 5 heteroatoms. The predicted octanol–water partition coefficient (Wildman–Crippen LogP) is 2.89. The van der Waals surface area contributed by atoms with Gasteiger partial charge in [0.05, 0.1) is 18.3 Å². The number of hydrogen-bond acceptors (Lipinski definition) is 4. The molecule has 0 bridgehead atoms. The first-order chi connectivity index (χ1) is 10.3. The zero-order valence-electron chi connectivity index (χ0n) is 11.4. The average Bonchev–Trinajstić information content (AvgIpc) is 2.55. The van der Waals surface area contributed by atoms with Crippen LogP contribution in [0.3, 0.4) is 0 Å². The normalized spacial score (nSPS) is 10.3. The van der Waals surface area contributed by atoms with Crippen LogP contribution in [-0.2, 0) is 0 Å². The van der Waals surface area contributed by atoms with Gasteiger partial charge in [0, 0.05) is 5.39 Å². The van der Waals surface area contributed by atoms with Crippen LogP contribution >= 0.6 is 0 Å². The minimum atomic E-state index is -0.322. The van der Waals surface area contributed by atoms with Gasteiger partial charge in [-0.1, -0.05) is 30.3 Å². The molecule has 3 aromatic rings. The van der Waals surface area contributed by atoms with Crippen LogP contribution in [0.25, 0.3) is 10.9 Å². The highest BCUT2D eigenvalue weighted by Gasteiger charge is 2.11. The van der Waals surface area contributed by atoms with Crippen molar-refractivity contribution in [3.63, 3.8) is 0 Å². The highest BCUT2D eigenvalue weighted by Crippen LogP contribution is 2.23. The fourth-order valence-corrected chi connectivity index (χ4v) is 2.03. The molecule has 0 saturated heterocycles. The number of para-hydroxylation sites is 2. The topological polar surface area (TPSA) is 64.1 Å². The van der Waals surface area contributed by atoms with Crippen LogP contribution in [0.5, 0.6) is 5.75 Å². The maximum atomic E-state index is 12.3. The molecule has 0 radical (unpaired) electrons. The number of fused-ring (bicyclic) bond motifs is 1. The highest BCUT2D eigenvalue weighted by atomic mass is 16.5. The summed E-state index contributed by atoms with van der Waals surface area (Å²) in [6, 6.07) is 16.4. The summed E-state index contributed by atoms with van der Waals surface area (Å²) in [6.07, 6.45) is 0. The molecule has 1 aromatic heterocycles. The molecule has 1 amide bonds. The largest absolute Gasteiger partial charge is 0.495 e. The third-order valence-electron chi connectivity index (χ3n) is 3.08. The number of amides is 1. The number of carbonyl (C=O) groups is 1. The van der Waals surface area contributed by atoms with E-state index < -0.39 is 0 Å². The van der Waals surface area contributed by atoms with Gasteiger partial charge in [-0.25, -0.2) is 0 Å². The Morgan fingerprint density at radius 1 is 1.05 bits per heavy atom. The summed E-state index contributed by atoms with van der Waals surface area (Å²) < 4.78 is 5.20. The second kappa shape index (κ2) is 5.58. The van der Waals surface area contributed by atoms with E-state index >= 15 is 0 Å². The highest BCUT2D eigenvalue weighted by molar-refractivity contribution is 6.05. The van der Waals surface area contributed by atoms with E-state index in [0.717, 1.165) is 10.9 Å². The Labute approximate surface area is 121 Å². The van der Waals surface area contributed by atoms with Crippen molar-refractivity contribution >= 4 is 22.5 Å². The third-order valence-corrected chi connectivity index (χ3v) is 3.08. The summed E-state index contributed by atoms with van der Waals surface area (Å²) in [7, 11) is 1.56. The van der Waals surface area contributed by atoms with Crippen molar-refractivity contribution in [1.82, 2.24) is 10.2 Å². The summed E-state index contributed by atoms with van der Waals surface area (Å²) >= 11 is 0. The number of ether oxygens (including phenoxy) is 1. The fraction of sp³-hybridized carbons (Fsp3) is 0.0625. The number of rotatable bonds is 3. The van der Waals surface area contributed by atoms with E-state index in [1.165, 1.54) is 0 Å². The van der Waals surface area contributed by atoms with Crippen LogP contribution in [0.15, 0.2) is 54.6 Å². The summed E-state index contributed by atoms with van der Waals surface area (Å²) in [4.78, 5) is 12.3. The number of nitrogens with zero attached hydrogens (tertiary/aromatic N) is 2. The molecule has 1 heterocycles. The Bertz CT molecular complexity index is 802. The molecule has 0 aliphatic heterocycles. The quantitative estimate of drug-likeness (QED) is 0.800. The third kappa shape index (κ3) is 2.67. The maximum absolute atomic E-state index is 12.3. The van der Waals surface area contributed by atoms with Gasteiger partial charge >= 0.3 is 0 Å². The second-order valence-electron chi connectivity index (χ2n) is 4.44.